The highest BCUT2D eigenvalue weighted by Crippen LogP contribution is 2.45. The number of carbonyl (C=O) groups is 1. The standard InChI is InChI=1S/C19H16F4N2OS.2C2H6/c1-11-4-2-6-13(8-11)18-25-16(19(21,22)23)15(27-18)17(26)24-10-12-5-3-7-14(20)9-12;2*1-2/h2-9,18,25H,10H2,1H3,(H,24,26);2*1-2H3. The lowest BCUT2D eigenvalue weighted by molar-refractivity contribution is -0.119. The third kappa shape index (κ3) is 7.61. The number of rotatable bonds is 4. The van der Waals surface area contributed by atoms with Crippen LogP contribution in [0.3, 0.4) is 0 Å². The summed E-state index contributed by atoms with van der Waals surface area (Å²) < 4.78 is 53.4. The Bertz CT molecular complexity index is 897. The van der Waals surface area contributed by atoms with E-state index < -0.39 is 33.9 Å². The van der Waals surface area contributed by atoms with Crippen LogP contribution >= 0.6 is 11.8 Å². The lowest BCUT2D eigenvalue weighted by atomic mass is 10.1. The minimum absolute atomic E-state index is 0.0685. The number of thioether (sulfide) groups is 1. The van der Waals surface area contributed by atoms with Gasteiger partial charge in [-0.15, -0.1) is 0 Å². The molecule has 3 rings (SSSR count). The molecule has 3 nitrogen and oxygen atoms in total. The Labute approximate surface area is 185 Å². The SMILES string of the molecule is CC.CC.Cc1cccc(C2NC(C(F)(F)F)=C(C(=O)NCc3cccc(F)c3)S2)c1. The van der Waals surface area contributed by atoms with E-state index in [-0.39, 0.29) is 6.54 Å². The average molecular weight is 457 g/mol. The van der Waals surface area contributed by atoms with E-state index >= 15 is 0 Å². The Morgan fingerprint density at radius 2 is 1.71 bits per heavy atom. The van der Waals surface area contributed by atoms with Crippen molar-refractivity contribution in [3.8, 4) is 0 Å². The molecule has 0 aliphatic carbocycles. The molecule has 0 aromatic heterocycles. The molecule has 0 saturated carbocycles. The van der Waals surface area contributed by atoms with Gasteiger partial charge in [0.25, 0.3) is 5.91 Å². The van der Waals surface area contributed by atoms with Crippen LogP contribution in [0.2, 0.25) is 0 Å². The van der Waals surface area contributed by atoms with E-state index in [4.69, 9.17) is 0 Å². The van der Waals surface area contributed by atoms with Crippen molar-refractivity contribution in [2.24, 2.45) is 0 Å². The highest BCUT2D eigenvalue weighted by atomic mass is 32.2. The smallest absolute Gasteiger partial charge is 0.364 e. The molecule has 8 heteroatoms. The first-order valence-electron chi connectivity index (χ1n) is 10.1. The Morgan fingerprint density at radius 1 is 1.06 bits per heavy atom. The molecule has 2 aromatic carbocycles. The summed E-state index contributed by atoms with van der Waals surface area (Å²) in [6, 6.07) is 12.6. The summed E-state index contributed by atoms with van der Waals surface area (Å²) in [7, 11) is 0. The normalized spacial score (nSPS) is 15.2. The van der Waals surface area contributed by atoms with Gasteiger partial charge in [0, 0.05) is 6.54 Å². The molecule has 0 bridgehead atoms. The van der Waals surface area contributed by atoms with Gasteiger partial charge >= 0.3 is 6.18 Å². The maximum absolute atomic E-state index is 13.4. The number of allylic oxidation sites excluding steroid dienone is 1. The molecule has 0 saturated heterocycles. The van der Waals surface area contributed by atoms with Gasteiger partial charge in [-0.25, -0.2) is 4.39 Å². The second-order valence-corrected chi connectivity index (χ2v) is 7.19. The van der Waals surface area contributed by atoms with Crippen LogP contribution in [0.1, 0.15) is 49.8 Å². The summed E-state index contributed by atoms with van der Waals surface area (Å²) in [5, 5.41) is 4.13. The van der Waals surface area contributed by atoms with Crippen LogP contribution in [-0.4, -0.2) is 12.1 Å². The Hall–Kier alpha value is -2.48. The maximum atomic E-state index is 13.4. The number of nitrogens with one attached hydrogen (secondary N) is 2. The molecule has 1 unspecified atom stereocenters. The van der Waals surface area contributed by atoms with Crippen LogP contribution in [-0.2, 0) is 11.3 Å². The van der Waals surface area contributed by atoms with Crippen molar-refractivity contribution in [1.29, 1.82) is 0 Å². The lowest BCUT2D eigenvalue weighted by Gasteiger charge is -2.14. The third-order valence-electron chi connectivity index (χ3n) is 3.91. The predicted molar refractivity (Wildman–Crippen MR) is 119 cm³/mol. The van der Waals surface area contributed by atoms with Crippen LogP contribution < -0.4 is 10.6 Å². The molecule has 170 valence electrons. The molecule has 2 N–H and O–H groups in total. The minimum Gasteiger partial charge on any atom is -0.364 e. The minimum atomic E-state index is -4.68. The summed E-state index contributed by atoms with van der Waals surface area (Å²) >= 11 is 0.816. The second kappa shape index (κ2) is 12.4. The molecule has 1 aliphatic heterocycles. The molecule has 0 radical (unpaired) electrons. The fourth-order valence-corrected chi connectivity index (χ4v) is 3.84. The number of amides is 1. The van der Waals surface area contributed by atoms with Crippen LogP contribution in [0, 0.1) is 12.7 Å². The number of alkyl halides is 3. The van der Waals surface area contributed by atoms with E-state index in [1.807, 2.05) is 40.7 Å². The number of hydrogen-bond acceptors (Lipinski definition) is 3. The zero-order valence-corrected chi connectivity index (χ0v) is 19.0. The Morgan fingerprint density at radius 3 is 2.29 bits per heavy atom. The van der Waals surface area contributed by atoms with Gasteiger partial charge in [-0.1, -0.05) is 81.4 Å². The summed E-state index contributed by atoms with van der Waals surface area (Å²) in [4.78, 5) is 12.0. The molecular formula is C23H28F4N2OS. The zero-order chi connectivity index (χ0) is 23.6. The molecule has 1 atom stereocenters. The summed E-state index contributed by atoms with van der Waals surface area (Å²) in [6.45, 7) is 9.77. The van der Waals surface area contributed by atoms with Crippen LogP contribution in [0.5, 0.6) is 0 Å². The molecule has 1 amide bonds. The third-order valence-corrected chi connectivity index (χ3v) is 5.17. The lowest BCUT2D eigenvalue weighted by Crippen LogP contribution is -2.29. The first-order chi connectivity index (χ1) is 14.7. The number of hydrogen-bond donors (Lipinski definition) is 2. The first-order valence-corrected chi connectivity index (χ1v) is 11.0. The molecular weight excluding hydrogens is 428 g/mol. The van der Waals surface area contributed by atoms with Crippen LogP contribution in [0.15, 0.2) is 59.1 Å². The highest BCUT2D eigenvalue weighted by molar-refractivity contribution is 8.04. The van der Waals surface area contributed by atoms with E-state index in [0.717, 1.165) is 17.3 Å². The summed E-state index contributed by atoms with van der Waals surface area (Å²) in [5.41, 5.74) is 0.960. The van der Waals surface area contributed by atoms with Crippen molar-refractivity contribution in [3.63, 3.8) is 0 Å². The first kappa shape index (κ1) is 26.6. The van der Waals surface area contributed by atoms with E-state index in [0.29, 0.717) is 11.1 Å². The van der Waals surface area contributed by atoms with E-state index in [1.165, 1.54) is 18.2 Å². The van der Waals surface area contributed by atoms with Gasteiger partial charge in [-0.3, -0.25) is 4.79 Å². The molecule has 1 aliphatic rings. The van der Waals surface area contributed by atoms with Crippen LogP contribution in [0.4, 0.5) is 17.6 Å². The maximum Gasteiger partial charge on any atom is 0.432 e. The number of carbonyl (C=O) groups excluding carboxylic acids is 1. The average Bonchev–Trinajstić information content (AvgIpc) is 3.21. The predicted octanol–water partition coefficient (Wildman–Crippen LogP) is 6.61. The zero-order valence-electron chi connectivity index (χ0n) is 18.2. The Balaban J connectivity index is 0.00000113. The van der Waals surface area contributed by atoms with Gasteiger partial charge < -0.3 is 10.6 Å². The summed E-state index contributed by atoms with van der Waals surface area (Å²) in [6.07, 6.45) is -4.68. The quantitative estimate of drug-likeness (QED) is 0.509. The van der Waals surface area contributed by atoms with E-state index in [9.17, 15) is 22.4 Å². The fourth-order valence-electron chi connectivity index (χ4n) is 2.67. The van der Waals surface area contributed by atoms with Gasteiger partial charge in [-0.05, 0) is 30.2 Å². The molecule has 1 heterocycles. The molecule has 0 fully saturated rings. The monoisotopic (exact) mass is 456 g/mol. The van der Waals surface area contributed by atoms with Gasteiger partial charge in [0.05, 0.1) is 0 Å². The number of aryl methyl sites for hydroxylation is 1. The van der Waals surface area contributed by atoms with Gasteiger partial charge in [-0.2, -0.15) is 13.2 Å². The summed E-state index contributed by atoms with van der Waals surface area (Å²) in [5.74, 6) is -1.33. The highest BCUT2D eigenvalue weighted by Gasteiger charge is 2.44. The van der Waals surface area contributed by atoms with Crippen molar-refractivity contribution in [2.75, 3.05) is 0 Å². The van der Waals surface area contributed by atoms with E-state index in [2.05, 4.69) is 10.6 Å². The largest absolute Gasteiger partial charge is 0.432 e. The Kier molecular flexibility index (Phi) is 10.6. The number of benzene rings is 2. The van der Waals surface area contributed by atoms with Crippen molar-refractivity contribution in [3.05, 3.63) is 81.6 Å². The van der Waals surface area contributed by atoms with Gasteiger partial charge in [0.2, 0.25) is 0 Å². The topological polar surface area (TPSA) is 41.1 Å². The van der Waals surface area contributed by atoms with Gasteiger partial charge in [0.15, 0.2) is 0 Å². The van der Waals surface area contributed by atoms with Crippen LogP contribution in [0.25, 0.3) is 0 Å². The van der Waals surface area contributed by atoms with E-state index in [1.54, 1.807) is 24.3 Å². The molecule has 0 spiro atoms. The van der Waals surface area contributed by atoms with Crippen molar-refractivity contribution in [2.45, 2.75) is 52.7 Å². The van der Waals surface area contributed by atoms with Crippen molar-refractivity contribution in [1.82, 2.24) is 10.6 Å². The fraction of sp³-hybridized carbons (Fsp3) is 0.348. The van der Waals surface area contributed by atoms with Crippen molar-refractivity contribution < 1.29 is 22.4 Å². The second-order valence-electron chi connectivity index (χ2n) is 6.07. The number of halogens is 4. The molecule has 31 heavy (non-hydrogen) atoms. The van der Waals surface area contributed by atoms with Gasteiger partial charge in [0.1, 0.15) is 21.8 Å². The van der Waals surface area contributed by atoms with Crippen molar-refractivity contribution >= 4 is 17.7 Å². The molecule has 2 aromatic rings.